The smallest absolute Gasteiger partial charge is 0.255 e. The largest absolute Gasteiger partial charge is 0.389 e. The molecule has 1 amide bonds. The van der Waals surface area contributed by atoms with Gasteiger partial charge in [-0.3, -0.25) is 24.3 Å². The third-order valence-corrected chi connectivity index (χ3v) is 6.12. The van der Waals surface area contributed by atoms with Crippen molar-refractivity contribution in [2.24, 2.45) is 0 Å². The molecule has 0 atom stereocenters. The van der Waals surface area contributed by atoms with Gasteiger partial charge in [0, 0.05) is 70.7 Å². The number of benzene rings is 1. The second-order valence-corrected chi connectivity index (χ2v) is 8.25. The summed E-state index contributed by atoms with van der Waals surface area (Å²) in [6, 6.07) is 13.3. The van der Waals surface area contributed by atoms with Crippen LogP contribution in [0.1, 0.15) is 34.7 Å². The summed E-state index contributed by atoms with van der Waals surface area (Å²) in [5.41, 5.74) is 1.94. The number of Topliss-reactive ketones (excluding diaryl/α,β-unsaturated/α-hetero) is 2. The van der Waals surface area contributed by atoms with Gasteiger partial charge in [0.05, 0.1) is 11.1 Å². The highest BCUT2D eigenvalue weighted by Crippen LogP contribution is 2.31. The molecule has 1 N–H and O–H groups in total. The van der Waals surface area contributed by atoms with Crippen LogP contribution in [0.25, 0.3) is 0 Å². The molecule has 7 heteroatoms. The molecule has 4 rings (SSSR count). The molecule has 2 fully saturated rings. The quantitative estimate of drug-likeness (QED) is 0.427. The van der Waals surface area contributed by atoms with E-state index in [1.165, 1.54) is 0 Å². The Kier molecular flexibility index (Phi) is 7.07. The van der Waals surface area contributed by atoms with Gasteiger partial charge in [-0.05, 0) is 23.6 Å². The van der Waals surface area contributed by atoms with Crippen molar-refractivity contribution in [3.63, 3.8) is 0 Å². The molecule has 32 heavy (non-hydrogen) atoms. The normalized spacial score (nSPS) is 19.7. The van der Waals surface area contributed by atoms with Crippen LogP contribution in [0.4, 0.5) is 0 Å². The zero-order valence-electron chi connectivity index (χ0n) is 18.1. The van der Waals surface area contributed by atoms with E-state index in [0.29, 0.717) is 38.0 Å². The van der Waals surface area contributed by atoms with E-state index < -0.39 is 0 Å². The van der Waals surface area contributed by atoms with Crippen molar-refractivity contribution in [2.75, 3.05) is 39.3 Å². The Morgan fingerprint density at radius 3 is 2.38 bits per heavy atom. The van der Waals surface area contributed by atoms with Crippen molar-refractivity contribution >= 4 is 17.5 Å². The van der Waals surface area contributed by atoms with Gasteiger partial charge in [0.25, 0.3) is 5.91 Å². The van der Waals surface area contributed by atoms with Gasteiger partial charge >= 0.3 is 0 Å². The van der Waals surface area contributed by atoms with Crippen LogP contribution in [0, 0.1) is 0 Å². The number of carbonyl (C=O) groups excluding carboxylic acids is 3. The molecule has 2 aromatic rings. The van der Waals surface area contributed by atoms with Gasteiger partial charge in [-0.25, -0.2) is 0 Å². The van der Waals surface area contributed by atoms with Crippen molar-refractivity contribution in [1.29, 1.82) is 0 Å². The van der Waals surface area contributed by atoms with Gasteiger partial charge < -0.3 is 10.2 Å². The first-order chi connectivity index (χ1) is 15.6. The fourth-order valence-electron chi connectivity index (χ4n) is 4.26. The maximum absolute atomic E-state index is 12.5. The summed E-state index contributed by atoms with van der Waals surface area (Å²) in [5.74, 6) is -0.196. The highest BCUT2D eigenvalue weighted by molar-refractivity contribution is 6.22. The summed E-state index contributed by atoms with van der Waals surface area (Å²) in [4.78, 5) is 45.7. The van der Waals surface area contributed by atoms with Crippen molar-refractivity contribution in [2.45, 2.75) is 18.8 Å². The van der Waals surface area contributed by atoms with Crippen LogP contribution in [0.3, 0.4) is 0 Å². The molecule has 1 saturated heterocycles. The average Bonchev–Trinajstić information content (AvgIpc) is 2.84. The van der Waals surface area contributed by atoms with Gasteiger partial charge in [0.15, 0.2) is 11.6 Å². The minimum Gasteiger partial charge on any atom is -0.389 e. The Balaban J connectivity index is 1.20. The first-order valence-electron chi connectivity index (χ1n) is 11.1. The summed E-state index contributed by atoms with van der Waals surface area (Å²) in [6.07, 6.45) is 5.59. The lowest BCUT2D eigenvalue weighted by molar-refractivity contribution is -0.124. The Morgan fingerprint density at radius 2 is 1.72 bits per heavy atom. The van der Waals surface area contributed by atoms with Gasteiger partial charge in [-0.15, -0.1) is 0 Å². The molecular formula is C25H28N4O3. The zero-order valence-corrected chi connectivity index (χ0v) is 18.1. The van der Waals surface area contributed by atoms with E-state index in [0.717, 1.165) is 25.2 Å². The van der Waals surface area contributed by atoms with E-state index in [9.17, 15) is 14.4 Å². The number of ketones is 2. The van der Waals surface area contributed by atoms with Crippen LogP contribution in [0.2, 0.25) is 0 Å². The molecule has 1 aromatic heterocycles. The maximum atomic E-state index is 12.5. The number of amides is 1. The zero-order chi connectivity index (χ0) is 22.3. The van der Waals surface area contributed by atoms with E-state index >= 15 is 0 Å². The van der Waals surface area contributed by atoms with Crippen LogP contribution in [0.5, 0.6) is 0 Å². The molecule has 2 heterocycles. The second-order valence-electron chi connectivity index (χ2n) is 8.25. The monoisotopic (exact) mass is 432 g/mol. The lowest BCUT2D eigenvalue weighted by atomic mass is 9.80. The Bertz CT molecular complexity index is 963. The highest BCUT2D eigenvalue weighted by atomic mass is 16.2. The maximum Gasteiger partial charge on any atom is 0.255 e. The van der Waals surface area contributed by atoms with Crippen molar-refractivity contribution in [3.05, 3.63) is 77.8 Å². The summed E-state index contributed by atoms with van der Waals surface area (Å²) >= 11 is 0. The standard InChI is InChI=1S/C25H28N4O3/c30-23-15-21(19-5-2-1-3-6-19)16-24(31)22(23)18-27-9-10-28-11-13-29(14-12-28)25(32)20-7-4-8-26-17-20/h1-8,17-18,21,27H,9-16H2. The number of hydrogen-bond donors (Lipinski definition) is 1. The Hall–Kier alpha value is -3.32. The molecule has 0 radical (unpaired) electrons. The number of hydrogen-bond acceptors (Lipinski definition) is 6. The Morgan fingerprint density at radius 1 is 1.00 bits per heavy atom. The predicted octanol–water partition coefficient (Wildman–Crippen LogP) is 2.03. The summed E-state index contributed by atoms with van der Waals surface area (Å²) in [5, 5.41) is 3.14. The summed E-state index contributed by atoms with van der Waals surface area (Å²) in [6.45, 7) is 4.36. The number of nitrogens with one attached hydrogen (secondary N) is 1. The van der Waals surface area contributed by atoms with Crippen LogP contribution in [0.15, 0.2) is 66.6 Å². The minimum absolute atomic E-state index is 0.0174. The third-order valence-electron chi connectivity index (χ3n) is 6.12. The third kappa shape index (κ3) is 5.29. The van der Waals surface area contributed by atoms with Gasteiger partial charge in [-0.2, -0.15) is 0 Å². The molecule has 166 valence electrons. The molecule has 1 aromatic carbocycles. The fourth-order valence-corrected chi connectivity index (χ4v) is 4.26. The number of rotatable bonds is 6. The number of carbonyl (C=O) groups is 3. The van der Waals surface area contributed by atoms with E-state index in [1.54, 1.807) is 30.7 Å². The molecular weight excluding hydrogens is 404 g/mol. The van der Waals surface area contributed by atoms with Gasteiger partial charge in [-0.1, -0.05) is 30.3 Å². The molecule has 0 unspecified atom stereocenters. The number of nitrogens with zero attached hydrogens (tertiary/aromatic N) is 3. The molecule has 7 nitrogen and oxygen atoms in total. The average molecular weight is 433 g/mol. The van der Waals surface area contributed by atoms with E-state index in [4.69, 9.17) is 0 Å². The van der Waals surface area contributed by atoms with E-state index in [-0.39, 0.29) is 29.0 Å². The van der Waals surface area contributed by atoms with Crippen molar-refractivity contribution < 1.29 is 14.4 Å². The topological polar surface area (TPSA) is 82.6 Å². The SMILES string of the molecule is O=C1CC(c2ccccc2)CC(=O)C1=CNCCN1CCN(C(=O)c2cccnc2)CC1. The van der Waals surface area contributed by atoms with E-state index in [1.807, 2.05) is 35.2 Å². The molecule has 0 spiro atoms. The molecule has 1 aliphatic heterocycles. The van der Waals surface area contributed by atoms with Crippen LogP contribution in [-0.2, 0) is 9.59 Å². The first-order valence-corrected chi connectivity index (χ1v) is 11.1. The van der Waals surface area contributed by atoms with Crippen LogP contribution in [-0.4, -0.2) is 71.5 Å². The number of aromatic nitrogens is 1. The van der Waals surface area contributed by atoms with Crippen molar-refractivity contribution in [1.82, 2.24) is 20.1 Å². The second kappa shape index (κ2) is 10.3. The lowest BCUT2D eigenvalue weighted by Gasteiger charge is -2.34. The molecule has 1 aliphatic carbocycles. The van der Waals surface area contributed by atoms with Gasteiger partial charge in [0.2, 0.25) is 0 Å². The summed E-state index contributed by atoms with van der Waals surface area (Å²) in [7, 11) is 0. The number of pyridine rings is 1. The molecule has 2 aliphatic rings. The Labute approximate surface area is 188 Å². The van der Waals surface area contributed by atoms with Crippen LogP contribution >= 0.6 is 0 Å². The predicted molar refractivity (Wildman–Crippen MR) is 121 cm³/mol. The number of piperazine rings is 1. The van der Waals surface area contributed by atoms with Crippen molar-refractivity contribution in [3.8, 4) is 0 Å². The van der Waals surface area contributed by atoms with Gasteiger partial charge in [0.1, 0.15) is 0 Å². The highest BCUT2D eigenvalue weighted by Gasteiger charge is 2.31. The lowest BCUT2D eigenvalue weighted by Crippen LogP contribution is -2.49. The molecule has 0 bridgehead atoms. The fraction of sp³-hybridized carbons (Fsp3) is 0.360. The minimum atomic E-state index is -0.0925. The molecule has 1 saturated carbocycles. The first kappa shape index (κ1) is 21.9. The number of allylic oxidation sites excluding steroid dienone is 1. The van der Waals surface area contributed by atoms with Crippen LogP contribution < -0.4 is 5.32 Å². The summed E-state index contributed by atoms with van der Waals surface area (Å²) < 4.78 is 0. The van der Waals surface area contributed by atoms with E-state index in [2.05, 4.69) is 15.2 Å².